The fourth-order valence-electron chi connectivity index (χ4n) is 3.76. The van der Waals surface area contributed by atoms with Crippen LogP contribution in [0.1, 0.15) is 24.5 Å². The molecule has 1 heterocycles. The molecule has 198 valence electrons. The number of amides is 2. The van der Waals surface area contributed by atoms with E-state index in [0.29, 0.717) is 41.3 Å². The first kappa shape index (κ1) is 27.1. The van der Waals surface area contributed by atoms with Gasteiger partial charge in [0.05, 0.1) is 0 Å². The minimum Gasteiger partial charge on any atom is -0.508 e. The normalized spacial score (nSPS) is 13.5. The summed E-state index contributed by atoms with van der Waals surface area (Å²) in [6.45, 7) is 0.101. The maximum Gasteiger partial charge on any atom is 0.412 e. The number of allylic oxidation sites excluding steroid dienone is 1. The predicted octanol–water partition coefficient (Wildman–Crippen LogP) is 5.30. The number of phenols is 1. The van der Waals surface area contributed by atoms with E-state index >= 15 is 0 Å². The van der Waals surface area contributed by atoms with Crippen molar-refractivity contribution in [2.45, 2.75) is 25.0 Å². The maximum absolute atomic E-state index is 13.1. The number of para-hydroxylation sites is 1. The van der Waals surface area contributed by atoms with E-state index in [1.807, 2.05) is 18.2 Å². The van der Waals surface area contributed by atoms with Crippen LogP contribution < -0.4 is 25.0 Å². The second kappa shape index (κ2) is 13.0. The average Bonchev–Trinajstić information content (AvgIpc) is 3.39. The number of ether oxygens (including phenoxy) is 4. The number of hydrogen-bond donors (Lipinski definition) is 4. The number of fused-ring (bicyclic) bond motifs is 1. The third-order valence-corrected chi connectivity index (χ3v) is 6.19. The molecule has 4 rings (SSSR count). The van der Waals surface area contributed by atoms with Crippen molar-refractivity contribution in [3.05, 3.63) is 88.0 Å². The lowest BCUT2D eigenvalue weighted by Crippen LogP contribution is -2.31. The highest BCUT2D eigenvalue weighted by Gasteiger charge is 2.31. The summed E-state index contributed by atoms with van der Waals surface area (Å²) in [6.07, 6.45) is 0.834. The Morgan fingerprint density at radius 3 is 2.63 bits per heavy atom. The van der Waals surface area contributed by atoms with Crippen LogP contribution >= 0.6 is 22.6 Å². The number of benzene rings is 3. The van der Waals surface area contributed by atoms with Gasteiger partial charge in [-0.1, -0.05) is 24.3 Å². The van der Waals surface area contributed by atoms with Crippen molar-refractivity contribution in [1.29, 1.82) is 0 Å². The van der Waals surface area contributed by atoms with E-state index in [4.69, 9.17) is 24.2 Å². The lowest BCUT2D eigenvalue weighted by atomic mass is 9.99. The van der Waals surface area contributed by atoms with Gasteiger partial charge in [0, 0.05) is 27.0 Å². The fraction of sp³-hybridized carbons (Fsp3) is 0.185. The quantitative estimate of drug-likeness (QED) is 0.102. The van der Waals surface area contributed by atoms with Crippen LogP contribution in [0.15, 0.2) is 78.9 Å². The number of aromatic hydroxyl groups is 1. The Morgan fingerprint density at radius 2 is 1.84 bits per heavy atom. The van der Waals surface area contributed by atoms with Crippen LogP contribution in [0.5, 0.6) is 23.0 Å². The summed E-state index contributed by atoms with van der Waals surface area (Å²) >= 11 is 2.10. The molecule has 0 aliphatic carbocycles. The van der Waals surface area contributed by atoms with E-state index in [1.54, 1.807) is 48.5 Å². The monoisotopic (exact) mass is 632 g/mol. The summed E-state index contributed by atoms with van der Waals surface area (Å²) in [5.74, 6) is 0.868. The Labute approximate surface area is 232 Å². The van der Waals surface area contributed by atoms with Crippen molar-refractivity contribution in [2.24, 2.45) is 0 Å². The second-order valence-electron chi connectivity index (χ2n) is 8.15. The molecule has 0 saturated carbocycles. The zero-order chi connectivity index (χ0) is 26.9. The number of hydrogen-bond acceptors (Lipinski definition) is 8. The van der Waals surface area contributed by atoms with Gasteiger partial charge in [0.15, 0.2) is 17.6 Å². The van der Waals surface area contributed by atoms with Gasteiger partial charge in [-0.25, -0.2) is 10.3 Å². The second-order valence-corrected chi connectivity index (χ2v) is 9.39. The van der Waals surface area contributed by atoms with E-state index in [-0.39, 0.29) is 12.5 Å². The molecular weight excluding hydrogens is 607 g/mol. The highest BCUT2D eigenvalue weighted by atomic mass is 127. The minimum absolute atomic E-state index is 0.0665. The number of nitrogens with one attached hydrogen (secondary N) is 2. The molecule has 0 aromatic heterocycles. The largest absolute Gasteiger partial charge is 0.508 e. The van der Waals surface area contributed by atoms with Gasteiger partial charge in [-0.2, -0.15) is 0 Å². The van der Waals surface area contributed by atoms with Crippen molar-refractivity contribution in [1.82, 2.24) is 5.48 Å². The fourth-order valence-corrected chi connectivity index (χ4v) is 4.28. The molecule has 2 atom stereocenters. The highest BCUT2D eigenvalue weighted by molar-refractivity contribution is 14.1. The first-order chi connectivity index (χ1) is 18.4. The van der Waals surface area contributed by atoms with Crippen LogP contribution in [0.4, 0.5) is 10.5 Å². The topological polar surface area (TPSA) is 136 Å². The van der Waals surface area contributed by atoms with Crippen LogP contribution in [0.25, 0.3) is 0 Å². The molecule has 0 spiro atoms. The van der Waals surface area contributed by atoms with Gasteiger partial charge in [0.25, 0.3) is 5.91 Å². The summed E-state index contributed by atoms with van der Waals surface area (Å²) < 4.78 is 23.6. The molecular formula is C27H25IN2O8. The molecule has 0 fully saturated rings. The molecule has 11 heteroatoms. The molecule has 10 nitrogen and oxygen atoms in total. The van der Waals surface area contributed by atoms with Gasteiger partial charge in [-0.3, -0.25) is 15.3 Å². The van der Waals surface area contributed by atoms with E-state index < -0.39 is 24.2 Å². The van der Waals surface area contributed by atoms with Crippen molar-refractivity contribution in [2.75, 3.05) is 12.1 Å². The van der Waals surface area contributed by atoms with Crippen LogP contribution in [0.3, 0.4) is 0 Å². The first-order valence-corrected chi connectivity index (χ1v) is 12.7. The minimum atomic E-state index is -1.03. The number of phenolic OH excluding ortho intramolecular Hbond substituents is 1. The molecule has 0 radical (unpaired) electrons. The molecule has 3 aromatic carbocycles. The molecule has 0 unspecified atom stereocenters. The Kier molecular flexibility index (Phi) is 9.27. The summed E-state index contributed by atoms with van der Waals surface area (Å²) in [5.41, 5.74) is 2.33. The Bertz CT molecular complexity index is 1300. The standard InChI is InChI=1S/C27H25IN2O8/c28-17-10-12-21(31)20(14-17)26(38-27(33)29-18-11-13-22-24(15-18)36-16-35-22)23(8-4-5-9-25(32)30-34)37-19-6-2-1-3-7-19/h1-3,5-7,9-15,23,26,31,34H,4,8,16H2,(H,29,33)(H,30,32)/b9-5+/t23-,26-/m1/s1. The zero-order valence-corrected chi connectivity index (χ0v) is 22.2. The van der Waals surface area contributed by atoms with E-state index in [0.717, 1.165) is 3.57 Å². The van der Waals surface area contributed by atoms with Gasteiger partial charge in [0.2, 0.25) is 6.79 Å². The summed E-state index contributed by atoms with van der Waals surface area (Å²) in [4.78, 5) is 24.4. The number of hydroxylamine groups is 1. The van der Waals surface area contributed by atoms with Crippen molar-refractivity contribution in [3.63, 3.8) is 0 Å². The molecule has 0 saturated heterocycles. The Balaban J connectivity index is 1.61. The number of halogens is 1. The Hall–Kier alpha value is -3.97. The smallest absolute Gasteiger partial charge is 0.412 e. The molecule has 1 aliphatic rings. The highest BCUT2D eigenvalue weighted by Crippen LogP contribution is 2.36. The van der Waals surface area contributed by atoms with E-state index in [9.17, 15) is 14.7 Å². The number of rotatable bonds is 10. The molecule has 3 aromatic rings. The molecule has 4 N–H and O–H groups in total. The lowest BCUT2D eigenvalue weighted by Gasteiger charge is -2.28. The summed E-state index contributed by atoms with van der Waals surface area (Å²) in [7, 11) is 0. The van der Waals surface area contributed by atoms with Gasteiger partial charge in [-0.15, -0.1) is 0 Å². The van der Waals surface area contributed by atoms with Crippen molar-refractivity contribution in [3.8, 4) is 23.0 Å². The van der Waals surface area contributed by atoms with Crippen LogP contribution in [-0.2, 0) is 9.53 Å². The van der Waals surface area contributed by atoms with Crippen molar-refractivity contribution < 1.29 is 38.9 Å². The van der Waals surface area contributed by atoms with E-state index in [1.165, 1.54) is 17.6 Å². The molecule has 0 bridgehead atoms. The lowest BCUT2D eigenvalue weighted by molar-refractivity contribution is -0.124. The molecule has 38 heavy (non-hydrogen) atoms. The third kappa shape index (κ3) is 7.29. The maximum atomic E-state index is 13.1. The SMILES string of the molecule is O=C(/C=C/CC[C@@H](Oc1ccccc1)[C@H](OC(=O)Nc1ccc2c(c1)OCO2)c1cc(I)ccc1O)NO. The zero-order valence-electron chi connectivity index (χ0n) is 20.0. The van der Waals surface area contributed by atoms with Crippen molar-refractivity contribution >= 4 is 40.3 Å². The van der Waals surface area contributed by atoms with Gasteiger partial charge in [-0.05, 0) is 77.9 Å². The summed E-state index contributed by atoms with van der Waals surface area (Å²) in [6, 6.07) is 18.9. The third-order valence-electron chi connectivity index (χ3n) is 5.51. The van der Waals surface area contributed by atoms with E-state index in [2.05, 4.69) is 27.9 Å². The number of carbonyl (C=O) groups is 2. The summed E-state index contributed by atoms with van der Waals surface area (Å²) in [5, 5.41) is 22.1. The van der Waals surface area contributed by atoms with Gasteiger partial charge in [0.1, 0.15) is 17.6 Å². The Morgan fingerprint density at radius 1 is 1.05 bits per heavy atom. The molecule has 1 aliphatic heterocycles. The van der Waals surface area contributed by atoms with Crippen LogP contribution in [0, 0.1) is 3.57 Å². The van der Waals surface area contributed by atoms with Gasteiger partial charge >= 0.3 is 6.09 Å². The first-order valence-electron chi connectivity index (χ1n) is 11.6. The average molecular weight is 632 g/mol. The molecule has 2 amide bonds. The number of carbonyl (C=O) groups excluding carboxylic acids is 2. The van der Waals surface area contributed by atoms with Gasteiger partial charge < -0.3 is 24.1 Å². The van der Waals surface area contributed by atoms with Crippen LogP contribution in [0.2, 0.25) is 0 Å². The number of anilines is 1. The predicted molar refractivity (Wildman–Crippen MR) is 145 cm³/mol. The van der Waals surface area contributed by atoms with Crippen LogP contribution in [-0.4, -0.2) is 35.2 Å².